The molecule has 2 aromatic rings. The highest BCUT2D eigenvalue weighted by Gasteiger charge is 2.20. The van der Waals surface area contributed by atoms with Crippen molar-refractivity contribution in [3.05, 3.63) is 30.2 Å². The summed E-state index contributed by atoms with van der Waals surface area (Å²) in [4.78, 5) is 12.0. The van der Waals surface area contributed by atoms with E-state index in [1.165, 1.54) is 0 Å². The van der Waals surface area contributed by atoms with E-state index < -0.39 is 0 Å². The number of carbonyl (C=O) groups excluding carboxylic acids is 1. The van der Waals surface area contributed by atoms with E-state index in [2.05, 4.69) is 20.8 Å². The molecule has 1 amide bonds. The summed E-state index contributed by atoms with van der Waals surface area (Å²) in [5, 5.41) is 14.4. The minimum Gasteiger partial charge on any atom is -0.354 e. The van der Waals surface area contributed by atoms with Crippen LogP contribution in [0.15, 0.2) is 24.4 Å². The van der Waals surface area contributed by atoms with Crippen LogP contribution in [-0.4, -0.2) is 51.1 Å². The molecule has 6 nitrogen and oxygen atoms in total. The Hall–Kier alpha value is -1.60. The van der Waals surface area contributed by atoms with Crippen molar-refractivity contribution in [2.24, 2.45) is 0 Å². The van der Waals surface area contributed by atoms with E-state index in [0.717, 1.165) is 29.5 Å². The van der Waals surface area contributed by atoms with Crippen molar-refractivity contribution < 1.29 is 4.79 Å². The maximum atomic E-state index is 12.0. The molecule has 3 heterocycles. The lowest BCUT2D eigenvalue weighted by molar-refractivity contribution is -0.122. The zero-order valence-corrected chi connectivity index (χ0v) is 11.9. The summed E-state index contributed by atoms with van der Waals surface area (Å²) in [5.41, 5.74) is 0.833. The zero-order valence-electron chi connectivity index (χ0n) is 11.1. The van der Waals surface area contributed by atoms with Crippen molar-refractivity contribution in [2.75, 3.05) is 24.6 Å². The van der Waals surface area contributed by atoms with Gasteiger partial charge in [0, 0.05) is 37.2 Å². The number of hydrogen-bond donors (Lipinski definition) is 2. The van der Waals surface area contributed by atoms with Crippen LogP contribution in [0.1, 0.15) is 5.82 Å². The van der Waals surface area contributed by atoms with Gasteiger partial charge in [-0.1, -0.05) is 6.07 Å². The van der Waals surface area contributed by atoms with Crippen molar-refractivity contribution in [1.82, 2.24) is 25.2 Å². The number of thioether (sulfide) groups is 1. The predicted molar refractivity (Wildman–Crippen MR) is 78.8 cm³/mol. The molecule has 0 spiro atoms. The summed E-state index contributed by atoms with van der Waals surface area (Å²) in [6.45, 7) is 1.48. The molecule has 0 aromatic carbocycles. The van der Waals surface area contributed by atoms with Gasteiger partial charge in [-0.3, -0.25) is 9.20 Å². The fourth-order valence-corrected chi connectivity index (χ4v) is 3.15. The molecule has 0 saturated carbocycles. The van der Waals surface area contributed by atoms with Crippen molar-refractivity contribution in [3.63, 3.8) is 0 Å². The maximum absolute atomic E-state index is 12.0. The number of nitrogens with zero attached hydrogens (tertiary/aromatic N) is 3. The van der Waals surface area contributed by atoms with Crippen molar-refractivity contribution in [3.8, 4) is 0 Å². The third-order valence-corrected chi connectivity index (χ3v) is 4.33. The minimum atomic E-state index is -0.0658. The molecule has 2 N–H and O–H groups in total. The smallest absolute Gasteiger partial charge is 0.238 e. The van der Waals surface area contributed by atoms with Gasteiger partial charge >= 0.3 is 0 Å². The molecule has 7 heteroatoms. The van der Waals surface area contributed by atoms with Gasteiger partial charge in [0.25, 0.3) is 0 Å². The molecule has 3 rings (SSSR count). The van der Waals surface area contributed by atoms with Crippen molar-refractivity contribution in [1.29, 1.82) is 0 Å². The number of fused-ring (bicyclic) bond motifs is 1. The normalized spacial score (nSPS) is 19.1. The number of pyridine rings is 1. The van der Waals surface area contributed by atoms with Gasteiger partial charge in [0.05, 0.1) is 6.04 Å². The van der Waals surface area contributed by atoms with Gasteiger partial charge in [-0.15, -0.1) is 10.2 Å². The molecule has 2 aromatic heterocycles. The Balaban J connectivity index is 1.53. The van der Waals surface area contributed by atoms with Crippen molar-refractivity contribution >= 4 is 23.3 Å². The van der Waals surface area contributed by atoms with Gasteiger partial charge in [0.15, 0.2) is 5.65 Å². The van der Waals surface area contributed by atoms with E-state index in [-0.39, 0.29) is 11.9 Å². The Kier molecular flexibility index (Phi) is 4.17. The lowest BCUT2D eigenvalue weighted by Crippen LogP contribution is -2.49. The molecule has 106 valence electrons. The Labute approximate surface area is 121 Å². The molecule has 0 aliphatic carbocycles. The molecule has 1 aliphatic rings. The third-order valence-electron chi connectivity index (χ3n) is 3.27. The molecule has 1 aliphatic heterocycles. The number of nitrogens with one attached hydrogen (secondary N) is 2. The third kappa shape index (κ3) is 2.94. The number of aromatic nitrogens is 3. The molecule has 0 radical (unpaired) electrons. The second kappa shape index (κ2) is 6.23. The second-order valence-electron chi connectivity index (χ2n) is 4.67. The van der Waals surface area contributed by atoms with E-state index in [1.807, 2.05) is 40.6 Å². The highest BCUT2D eigenvalue weighted by molar-refractivity contribution is 7.99. The van der Waals surface area contributed by atoms with Crippen LogP contribution in [0.2, 0.25) is 0 Å². The van der Waals surface area contributed by atoms with E-state index in [1.54, 1.807) is 0 Å². The lowest BCUT2D eigenvalue weighted by atomic mass is 10.3. The fourth-order valence-electron chi connectivity index (χ4n) is 2.22. The minimum absolute atomic E-state index is 0.0658. The van der Waals surface area contributed by atoms with Gasteiger partial charge < -0.3 is 10.6 Å². The van der Waals surface area contributed by atoms with Crippen LogP contribution in [0, 0.1) is 0 Å². The first-order valence-electron chi connectivity index (χ1n) is 6.72. The summed E-state index contributed by atoms with van der Waals surface area (Å²) in [7, 11) is 0. The summed E-state index contributed by atoms with van der Waals surface area (Å²) >= 11 is 1.81. The SMILES string of the molecule is O=C(NCCc1nnc2ccccn12)C1CSCCN1. The fraction of sp³-hybridized carbons (Fsp3) is 0.462. The lowest BCUT2D eigenvalue weighted by Gasteiger charge is -2.22. The first-order valence-corrected chi connectivity index (χ1v) is 7.87. The number of amides is 1. The number of hydrogen-bond acceptors (Lipinski definition) is 5. The van der Waals surface area contributed by atoms with E-state index in [0.29, 0.717) is 13.0 Å². The average molecular weight is 291 g/mol. The summed E-state index contributed by atoms with van der Waals surface area (Å²) in [5.74, 6) is 2.87. The van der Waals surface area contributed by atoms with E-state index >= 15 is 0 Å². The molecule has 1 atom stereocenters. The highest BCUT2D eigenvalue weighted by atomic mass is 32.2. The first-order chi connectivity index (χ1) is 9.84. The van der Waals surface area contributed by atoms with Gasteiger partial charge in [-0.25, -0.2) is 0 Å². The van der Waals surface area contributed by atoms with Crippen LogP contribution >= 0.6 is 11.8 Å². The standard InChI is InChI=1S/C13H17N5OS/c19-13(10-9-20-8-6-14-10)15-5-4-12-17-16-11-3-1-2-7-18(11)12/h1-3,7,10,14H,4-6,8-9H2,(H,15,19). The molecule has 20 heavy (non-hydrogen) atoms. The quantitative estimate of drug-likeness (QED) is 0.835. The van der Waals surface area contributed by atoms with Crippen LogP contribution in [0.5, 0.6) is 0 Å². The Morgan fingerprint density at radius 3 is 3.30 bits per heavy atom. The van der Waals surface area contributed by atoms with Crippen LogP contribution in [0.25, 0.3) is 5.65 Å². The van der Waals surface area contributed by atoms with Crippen LogP contribution in [-0.2, 0) is 11.2 Å². The molecule has 0 bridgehead atoms. The zero-order chi connectivity index (χ0) is 13.8. The largest absolute Gasteiger partial charge is 0.354 e. The highest BCUT2D eigenvalue weighted by Crippen LogP contribution is 2.07. The molecule has 1 unspecified atom stereocenters. The summed E-state index contributed by atoms with van der Waals surface area (Å²) < 4.78 is 1.95. The van der Waals surface area contributed by atoms with Crippen LogP contribution in [0.4, 0.5) is 0 Å². The second-order valence-corrected chi connectivity index (χ2v) is 5.82. The monoisotopic (exact) mass is 291 g/mol. The number of carbonyl (C=O) groups is 1. The number of rotatable bonds is 4. The molecule has 1 saturated heterocycles. The van der Waals surface area contributed by atoms with Gasteiger partial charge in [-0.2, -0.15) is 11.8 Å². The van der Waals surface area contributed by atoms with E-state index in [9.17, 15) is 4.79 Å². The molecule has 1 fully saturated rings. The van der Waals surface area contributed by atoms with Crippen LogP contribution in [0.3, 0.4) is 0 Å². The average Bonchev–Trinajstić information content (AvgIpc) is 2.92. The Morgan fingerprint density at radius 2 is 2.45 bits per heavy atom. The van der Waals surface area contributed by atoms with Gasteiger partial charge in [0.1, 0.15) is 5.82 Å². The van der Waals surface area contributed by atoms with Gasteiger partial charge in [-0.05, 0) is 12.1 Å². The Bertz CT molecular complexity index is 593. The molecular weight excluding hydrogens is 274 g/mol. The Morgan fingerprint density at radius 1 is 1.50 bits per heavy atom. The van der Waals surface area contributed by atoms with Crippen molar-refractivity contribution in [2.45, 2.75) is 12.5 Å². The maximum Gasteiger partial charge on any atom is 0.238 e. The topological polar surface area (TPSA) is 71.3 Å². The van der Waals surface area contributed by atoms with Gasteiger partial charge in [0.2, 0.25) is 5.91 Å². The summed E-state index contributed by atoms with van der Waals surface area (Å²) in [6.07, 6.45) is 2.61. The predicted octanol–water partition coefficient (Wildman–Crippen LogP) is 0.0930. The van der Waals surface area contributed by atoms with Crippen LogP contribution < -0.4 is 10.6 Å². The van der Waals surface area contributed by atoms with E-state index in [4.69, 9.17) is 0 Å². The summed E-state index contributed by atoms with van der Waals surface area (Å²) in [6, 6.07) is 5.73. The molecular formula is C13H17N5OS. The first kappa shape index (κ1) is 13.4.